The number of aryl methyl sites for hydroxylation is 1. The third-order valence-corrected chi connectivity index (χ3v) is 2.82. The monoisotopic (exact) mass is 234 g/mol. The molecule has 2 atom stereocenters. The molecule has 0 unspecified atom stereocenters. The number of carboxylic acid groups (broad SMARTS) is 2. The van der Waals surface area contributed by atoms with E-state index in [1.807, 2.05) is 19.1 Å². The predicted molar refractivity (Wildman–Crippen MR) is 57.6 cm³/mol. The number of carbonyl (C=O) groups is 2. The Hall–Kier alpha value is -1.84. The summed E-state index contributed by atoms with van der Waals surface area (Å²) in [4.78, 5) is 21.6. The lowest BCUT2D eigenvalue weighted by atomic mass is 9.88. The summed E-state index contributed by atoms with van der Waals surface area (Å²) in [5.41, 5.74) is 1.79. The van der Waals surface area contributed by atoms with Gasteiger partial charge in [-0.1, -0.05) is 36.8 Å². The normalized spacial score (nSPS) is 14.0. The van der Waals surface area contributed by atoms with Crippen molar-refractivity contribution >= 4 is 11.9 Å². The van der Waals surface area contributed by atoms with Gasteiger partial charge in [-0.05, 0) is 18.9 Å². The maximum Gasteiger partial charge on any atom is 0.0455 e. The van der Waals surface area contributed by atoms with E-state index in [1.165, 1.54) is 6.92 Å². The molecule has 0 bridgehead atoms. The smallest absolute Gasteiger partial charge is 0.0455 e. The summed E-state index contributed by atoms with van der Waals surface area (Å²) in [7, 11) is 0. The molecule has 92 valence electrons. The molecule has 0 radical (unpaired) electrons. The van der Waals surface area contributed by atoms with E-state index in [-0.39, 0.29) is 6.42 Å². The SMILES string of the molecule is Cc1cccc(C[C@H](C(=O)[O-])[C@@H](C)C(=O)[O-])c1. The molecule has 1 aromatic rings. The van der Waals surface area contributed by atoms with Crippen LogP contribution in [0.15, 0.2) is 24.3 Å². The molecule has 17 heavy (non-hydrogen) atoms. The van der Waals surface area contributed by atoms with Crippen molar-refractivity contribution in [3.8, 4) is 0 Å². The third kappa shape index (κ3) is 3.59. The molecule has 1 rings (SSSR count). The average molecular weight is 234 g/mol. The molecular formula is C13H14O4-2. The molecule has 0 aliphatic carbocycles. The Morgan fingerprint density at radius 1 is 1.24 bits per heavy atom. The van der Waals surface area contributed by atoms with Crippen LogP contribution >= 0.6 is 0 Å². The minimum Gasteiger partial charge on any atom is -0.550 e. The quantitative estimate of drug-likeness (QED) is 0.674. The van der Waals surface area contributed by atoms with Crippen LogP contribution in [0.1, 0.15) is 18.1 Å². The first-order chi connectivity index (χ1) is 7.91. The Bertz CT molecular complexity index is 425. The summed E-state index contributed by atoms with van der Waals surface area (Å²) >= 11 is 0. The molecule has 0 spiro atoms. The number of aliphatic carboxylic acids is 2. The lowest BCUT2D eigenvalue weighted by Gasteiger charge is -2.25. The molecule has 0 saturated carbocycles. The van der Waals surface area contributed by atoms with Gasteiger partial charge in [0.2, 0.25) is 0 Å². The van der Waals surface area contributed by atoms with E-state index in [0.29, 0.717) is 0 Å². The van der Waals surface area contributed by atoms with Gasteiger partial charge in [-0.3, -0.25) is 0 Å². The highest BCUT2D eigenvalue weighted by molar-refractivity contribution is 5.77. The van der Waals surface area contributed by atoms with Gasteiger partial charge in [0.15, 0.2) is 0 Å². The van der Waals surface area contributed by atoms with Crippen molar-refractivity contribution in [3.05, 3.63) is 35.4 Å². The van der Waals surface area contributed by atoms with E-state index in [4.69, 9.17) is 0 Å². The first-order valence-corrected chi connectivity index (χ1v) is 5.39. The van der Waals surface area contributed by atoms with Crippen molar-refractivity contribution in [3.63, 3.8) is 0 Å². The van der Waals surface area contributed by atoms with Crippen LogP contribution in [0.3, 0.4) is 0 Å². The van der Waals surface area contributed by atoms with Crippen molar-refractivity contribution in [2.45, 2.75) is 20.3 Å². The Kier molecular flexibility index (Phi) is 4.26. The van der Waals surface area contributed by atoms with Gasteiger partial charge in [-0.2, -0.15) is 0 Å². The van der Waals surface area contributed by atoms with Crippen LogP contribution < -0.4 is 10.2 Å². The van der Waals surface area contributed by atoms with Gasteiger partial charge in [0.1, 0.15) is 0 Å². The van der Waals surface area contributed by atoms with Crippen LogP contribution in [0.25, 0.3) is 0 Å². The van der Waals surface area contributed by atoms with Crippen molar-refractivity contribution < 1.29 is 19.8 Å². The predicted octanol–water partition coefficient (Wildman–Crippen LogP) is -0.710. The maximum atomic E-state index is 10.9. The van der Waals surface area contributed by atoms with Crippen LogP contribution in [-0.4, -0.2) is 11.9 Å². The van der Waals surface area contributed by atoms with E-state index in [1.54, 1.807) is 12.1 Å². The molecule has 0 aliphatic rings. The zero-order valence-electron chi connectivity index (χ0n) is 9.80. The summed E-state index contributed by atoms with van der Waals surface area (Å²) in [6, 6.07) is 7.29. The molecule has 0 heterocycles. The zero-order chi connectivity index (χ0) is 13.0. The summed E-state index contributed by atoms with van der Waals surface area (Å²) in [6.45, 7) is 3.21. The summed E-state index contributed by atoms with van der Waals surface area (Å²) in [5, 5.41) is 21.6. The van der Waals surface area contributed by atoms with Crippen molar-refractivity contribution in [1.82, 2.24) is 0 Å². The Labute approximate surface area is 99.9 Å². The number of carbonyl (C=O) groups excluding carboxylic acids is 2. The highest BCUT2D eigenvalue weighted by Gasteiger charge is 2.20. The lowest BCUT2D eigenvalue weighted by Crippen LogP contribution is -2.43. The molecule has 4 nitrogen and oxygen atoms in total. The highest BCUT2D eigenvalue weighted by Crippen LogP contribution is 2.17. The van der Waals surface area contributed by atoms with Crippen LogP contribution in [-0.2, 0) is 16.0 Å². The molecule has 1 aromatic carbocycles. The Morgan fingerprint density at radius 2 is 1.88 bits per heavy atom. The molecule has 0 aromatic heterocycles. The highest BCUT2D eigenvalue weighted by atomic mass is 16.4. The van der Waals surface area contributed by atoms with Crippen LogP contribution in [0.4, 0.5) is 0 Å². The molecule has 0 N–H and O–H groups in total. The fraction of sp³-hybridized carbons (Fsp3) is 0.385. The van der Waals surface area contributed by atoms with Gasteiger partial charge in [0.25, 0.3) is 0 Å². The maximum absolute atomic E-state index is 10.9. The van der Waals surface area contributed by atoms with Crippen LogP contribution in [0.2, 0.25) is 0 Å². The van der Waals surface area contributed by atoms with E-state index in [9.17, 15) is 19.8 Å². The van der Waals surface area contributed by atoms with E-state index >= 15 is 0 Å². The zero-order valence-corrected chi connectivity index (χ0v) is 9.80. The molecule has 0 aliphatic heterocycles. The number of hydrogen-bond donors (Lipinski definition) is 0. The Morgan fingerprint density at radius 3 is 2.35 bits per heavy atom. The van der Waals surface area contributed by atoms with E-state index < -0.39 is 23.8 Å². The number of carboxylic acids is 2. The van der Waals surface area contributed by atoms with Gasteiger partial charge in [-0.15, -0.1) is 0 Å². The largest absolute Gasteiger partial charge is 0.550 e. The van der Waals surface area contributed by atoms with E-state index in [2.05, 4.69) is 0 Å². The topological polar surface area (TPSA) is 80.3 Å². The molecule has 0 saturated heterocycles. The van der Waals surface area contributed by atoms with Crippen LogP contribution in [0.5, 0.6) is 0 Å². The second-order valence-corrected chi connectivity index (χ2v) is 4.23. The first kappa shape index (κ1) is 13.2. The van der Waals surface area contributed by atoms with Crippen molar-refractivity contribution in [1.29, 1.82) is 0 Å². The summed E-state index contributed by atoms with van der Waals surface area (Å²) in [6.07, 6.45) is 0.138. The van der Waals surface area contributed by atoms with Gasteiger partial charge < -0.3 is 19.8 Å². The van der Waals surface area contributed by atoms with Crippen molar-refractivity contribution in [2.75, 3.05) is 0 Å². The number of hydrogen-bond acceptors (Lipinski definition) is 4. The molecule has 4 heteroatoms. The second kappa shape index (κ2) is 5.48. The van der Waals surface area contributed by atoms with Gasteiger partial charge in [0, 0.05) is 23.8 Å². The standard InChI is InChI=1S/C13H16O4/c1-8-4-3-5-10(6-8)7-11(13(16)17)9(2)12(14)15/h3-6,9,11H,7H2,1-2H3,(H,14,15)(H,16,17)/p-2/t9-,11+/m1/s1. The number of rotatable bonds is 5. The summed E-state index contributed by atoms with van der Waals surface area (Å²) in [5.74, 6) is -4.86. The fourth-order valence-electron chi connectivity index (χ4n) is 1.72. The van der Waals surface area contributed by atoms with Crippen LogP contribution in [0, 0.1) is 18.8 Å². The number of benzene rings is 1. The van der Waals surface area contributed by atoms with E-state index in [0.717, 1.165) is 11.1 Å². The Balaban J connectivity index is 2.88. The lowest BCUT2D eigenvalue weighted by molar-refractivity contribution is -0.326. The van der Waals surface area contributed by atoms with Crippen molar-refractivity contribution in [2.24, 2.45) is 11.8 Å². The van der Waals surface area contributed by atoms with Gasteiger partial charge in [0.05, 0.1) is 0 Å². The third-order valence-electron chi connectivity index (χ3n) is 2.82. The minimum absolute atomic E-state index is 0.138. The first-order valence-electron chi connectivity index (χ1n) is 5.39. The molecule has 0 fully saturated rings. The second-order valence-electron chi connectivity index (χ2n) is 4.23. The fourth-order valence-corrected chi connectivity index (χ4v) is 1.72. The van der Waals surface area contributed by atoms with Gasteiger partial charge in [-0.25, -0.2) is 0 Å². The summed E-state index contributed by atoms with van der Waals surface area (Å²) < 4.78 is 0. The minimum atomic E-state index is -1.37. The molecular weight excluding hydrogens is 220 g/mol. The van der Waals surface area contributed by atoms with Gasteiger partial charge >= 0.3 is 0 Å². The average Bonchev–Trinajstić information content (AvgIpc) is 2.24. The molecule has 0 amide bonds.